The number of ketones is 1. The van der Waals surface area contributed by atoms with E-state index in [1.165, 1.54) is 0 Å². The van der Waals surface area contributed by atoms with E-state index < -0.39 is 0 Å². The van der Waals surface area contributed by atoms with Crippen LogP contribution in [0.1, 0.15) is 6.92 Å². The van der Waals surface area contributed by atoms with Gasteiger partial charge in [0, 0.05) is 22.8 Å². The third kappa shape index (κ3) is 1.48. The maximum Gasteiger partial charge on any atom is 0.149 e. The van der Waals surface area contributed by atoms with Crippen LogP contribution in [-0.2, 0) is 11.3 Å². The molecule has 72 valence electrons. The summed E-state index contributed by atoms with van der Waals surface area (Å²) < 4.78 is 1.93. The smallest absolute Gasteiger partial charge is 0.149 e. The molecule has 2 N–H and O–H groups in total. The van der Waals surface area contributed by atoms with Crippen LogP contribution >= 0.6 is 0 Å². The van der Waals surface area contributed by atoms with Gasteiger partial charge in [0.25, 0.3) is 0 Å². The van der Waals surface area contributed by atoms with E-state index in [1.807, 2.05) is 35.0 Å². The molecular formula is C11H12N2O. The van der Waals surface area contributed by atoms with Crippen molar-refractivity contribution >= 4 is 22.4 Å². The van der Waals surface area contributed by atoms with E-state index in [-0.39, 0.29) is 5.78 Å². The number of fused-ring (bicyclic) bond motifs is 1. The Morgan fingerprint density at radius 3 is 2.93 bits per heavy atom. The van der Waals surface area contributed by atoms with Gasteiger partial charge in [-0.25, -0.2) is 0 Å². The third-order valence-electron chi connectivity index (χ3n) is 2.19. The Bertz CT molecular complexity index is 485. The van der Waals surface area contributed by atoms with Gasteiger partial charge in [-0.3, -0.25) is 4.79 Å². The fourth-order valence-corrected chi connectivity index (χ4v) is 1.60. The molecule has 0 spiro atoms. The van der Waals surface area contributed by atoms with Crippen LogP contribution in [0.2, 0.25) is 0 Å². The first kappa shape index (κ1) is 8.81. The number of nitrogens with two attached hydrogens (primary N) is 1. The summed E-state index contributed by atoms with van der Waals surface area (Å²) in [5.41, 5.74) is 7.46. The topological polar surface area (TPSA) is 48.0 Å². The van der Waals surface area contributed by atoms with Crippen molar-refractivity contribution in [3.63, 3.8) is 0 Å². The average molecular weight is 188 g/mol. The number of hydrogen-bond acceptors (Lipinski definition) is 2. The first-order valence-corrected chi connectivity index (χ1v) is 4.50. The maximum atomic E-state index is 11.0. The predicted molar refractivity (Wildman–Crippen MR) is 57.0 cm³/mol. The van der Waals surface area contributed by atoms with Gasteiger partial charge in [-0.1, -0.05) is 0 Å². The van der Waals surface area contributed by atoms with Gasteiger partial charge in [-0.05, 0) is 31.2 Å². The summed E-state index contributed by atoms with van der Waals surface area (Å²) in [5, 5.41) is 1.08. The minimum atomic E-state index is 0.152. The molecule has 0 bridgehead atoms. The molecule has 0 aliphatic carbocycles. The number of aromatic nitrogens is 1. The number of Topliss-reactive ketones (excluding diaryl/α,β-unsaturated/α-hetero) is 1. The molecule has 1 heterocycles. The van der Waals surface area contributed by atoms with Gasteiger partial charge in [0.1, 0.15) is 5.78 Å². The molecule has 14 heavy (non-hydrogen) atoms. The number of nitrogen functional groups attached to an aromatic ring is 1. The van der Waals surface area contributed by atoms with Crippen molar-refractivity contribution in [2.24, 2.45) is 0 Å². The van der Waals surface area contributed by atoms with Crippen LogP contribution in [0.25, 0.3) is 10.9 Å². The molecule has 0 unspecified atom stereocenters. The van der Waals surface area contributed by atoms with Gasteiger partial charge in [-0.15, -0.1) is 0 Å². The molecule has 0 amide bonds. The molecule has 0 aliphatic heterocycles. The van der Waals surface area contributed by atoms with Crippen LogP contribution in [0.3, 0.4) is 0 Å². The highest BCUT2D eigenvalue weighted by Crippen LogP contribution is 2.18. The molecule has 2 aromatic rings. The quantitative estimate of drug-likeness (QED) is 0.731. The van der Waals surface area contributed by atoms with E-state index in [1.54, 1.807) is 6.92 Å². The second kappa shape index (κ2) is 3.18. The Kier molecular flexibility index (Phi) is 2.00. The molecule has 1 aromatic carbocycles. The van der Waals surface area contributed by atoms with Crippen molar-refractivity contribution in [3.05, 3.63) is 30.5 Å². The monoisotopic (exact) mass is 188 g/mol. The highest BCUT2D eigenvalue weighted by Gasteiger charge is 2.02. The minimum absolute atomic E-state index is 0.152. The van der Waals surface area contributed by atoms with Gasteiger partial charge >= 0.3 is 0 Å². The molecule has 0 radical (unpaired) electrons. The summed E-state index contributed by atoms with van der Waals surface area (Å²) in [5.74, 6) is 0.152. The summed E-state index contributed by atoms with van der Waals surface area (Å²) in [6, 6.07) is 7.66. The third-order valence-corrected chi connectivity index (χ3v) is 2.19. The predicted octanol–water partition coefficient (Wildman–Crippen LogP) is 1.81. The van der Waals surface area contributed by atoms with Gasteiger partial charge in [-0.2, -0.15) is 0 Å². The van der Waals surface area contributed by atoms with E-state index in [0.717, 1.165) is 16.6 Å². The lowest BCUT2D eigenvalue weighted by molar-refractivity contribution is -0.117. The van der Waals surface area contributed by atoms with Crippen molar-refractivity contribution in [1.29, 1.82) is 0 Å². The molecule has 3 heteroatoms. The molecule has 0 saturated heterocycles. The summed E-state index contributed by atoms with van der Waals surface area (Å²) in [6.07, 6.45) is 1.91. The van der Waals surface area contributed by atoms with Crippen LogP contribution in [-0.4, -0.2) is 10.4 Å². The maximum absolute atomic E-state index is 11.0. The summed E-state index contributed by atoms with van der Waals surface area (Å²) in [6.45, 7) is 2.01. The number of carbonyl (C=O) groups excluding carboxylic acids is 1. The van der Waals surface area contributed by atoms with Crippen molar-refractivity contribution in [2.75, 3.05) is 5.73 Å². The van der Waals surface area contributed by atoms with Crippen LogP contribution < -0.4 is 5.73 Å². The zero-order valence-electron chi connectivity index (χ0n) is 8.03. The van der Waals surface area contributed by atoms with E-state index in [2.05, 4.69) is 0 Å². The lowest BCUT2D eigenvalue weighted by atomic mass is 10.2. The molecule has 0 saturated carbocycles. The zero-order chi connectivity index (χ0) is 10.1. The summed E-state index contributed by atoms with van der Waals surface area (Å²) in [4.78, 5) is 11.0. The molecule has 0 fully saturated rings. The molecular weight excluding hydrogens is 176 g/mol. The highest BCUT2D eigenvalue weighted by molar-refractivity contribution is 5.85. The number of rotatable bonds is 2. The first-order chi connectivity index (χ1) is 6.66. The molecule has 3 nitrogen and oxygen atoms in total. The fraction of sp³-hybridized carbons (Fsp3) is 0.182. The number of carbonyl (C=O) groups is 1. The van der Waals surface area contributed by atoms with Crippen LogP contribution in [0, 0.1) is 0 Å². The van der Waals surface area contributed by atoms with Crippen LogP contribution in [0.5, 0.6) is 0 Å². The van der Waals surface area contributed by atoms with E-state index in [9.17, 15) is 4.79 Å². The van der Waals surface area contributed by atoms with E-state index in [0.29, 0.717) is 6.54 Å². The van der Waals surface area contributed by atoms with E-state index >= 15 is 0 Å². The van der Waals surface area contributed by atoms with Crippen molar-refractivity contribution < 1.29 is 4.79 Å². The fourth-order valence-electron chi connectivity index (χ4n) is 1.60. The van der Waals surface area contributed by atoms with E-state index in [4.69, 9.17) is 5.73 Å². The molecule has 0 atom stereocenters. The van der Waals surface area contributed by atoms with Gasteiger partial charge in [0.2, 0.25) is 0 Å². The van der Waals surface area contributed by atoms with Crippen molar-refractivity contribution in [1.82, 2.24) is 4.57 Å². The van der Waals surface area contributed by atoms with Gasteiger partial charge in [0.15, 0.2) is 0 Å². The lowest BCUT2D eigenvalue weighted by Crippen LogP contribution is -2.04. The van der Waals surface area contributed by atoms with Crippen molar-refractivity contribution in [2.45, 2.75) is 13.5 Å². The van der Waals surface area contributed by atoms with Crippen LogP contribution in [0.15, 0.2) is 30.5 Å². The Morgan fingerprint density at radius 2 is 2.21 bits per heavy atom. The summed E-state index contributed by atoms with van der Waals surface area (Å²) in [7, 11) is 0. The molecule has 1 aromatic heterocycles. The van der Waals surface area contributed by atoms with Gasteiger partial charge in [0.05, 0.1) is 6.54 Å². The SMILES string of the molecule is CC(=O)Cn1ccc2cc(N)ccc21. The zero-order valence-corrected chi connectivity index (χ0v) is 8.03. The van der Waals surface area contributed by atoms with Gasteiger partial charge < -0.3 is 10.3 Å². The average Bonchev–Trinajstić information content (AvgIpc) is 2.47. The number of nitrogens with zero attached hydrogens (tertiary/aromatic N) is 1. The Morgan fingerprint density at radius 1 is 1.43 bits per heavy atom. The van der Waals surface area contributed by atoms with Crippen molar-refractivity contribution in [3.8, 4) is 0 Å². The summed E-state index contributed by atoms with van der Waals surface area (Å²) >= 11 is 0. The van der Waals surface area contributed by atoms with Crippen LogP contribution in [0.4, 0.5) is 5.69 Å². The molecule has 2 rings (SSSR count). The number of hydrogen-bond donors (Lipinski definition) is 1. The minimum Gasteiger partial charge on any atom is -0.399 e. The Hall–Kier alpha value is -1.77. The largest absolute Gasteiger partial charge is 0.399 e. The number of anilines is 1. The molecule has 0 aliphatic rings. The second-order valence-corrected chi connectivity index (χ2v) is 3.46. The highest BCUT2D eigenvalue weighted by atomic mass is 16.1. The first-order valence-electron chi connectivity index (χ1n) is 4.50. The Labute approximate surface area is 82.1 Å². The normalized spacial score (nSPS) is 10.6. The standard InChI is InChI=1S/C11H12N2O/c1-8(14)7-13-5-4-9-6-10(12)2-3-11(9)13/h2-6H,7,12H2,1H3. The number of benzene rings is 1. The second-order valence-electron chi connectivity index (χ2n) is 3.46. The Balaban J connectivity index is 2.52. The lowest BCUT2D eigenvalue weighted by Gasteiger charge is -2.01.